The highest BCUT2D eigenvalue weighted by Gasteiger charge is 2.15. The van der Waals surface area contributed by atoms with Gasteiger partial charge in [0.25, 0.3) is 5.69 Å². The molecule has 0 fully saturated rings. The largest absolute Gasteiger partial charge is 0.424 e. The number of hydrogen-bond donors (Lipinski definition) is 0. The summed E-state index contributed by atoms with van der Waals surface area (Å²) in [5.74, 6) is 0.307. The molecule has 0 radical (unpaired) electrons. The number of nitro groups is 1. The Bertz CT molecular complexity index is 668. The summed E-state index contributed by atoms with van der Waals surface area (Å²) in [5.41, 5.74) is 1.58. The van der Waals surface area contributed by atoms with Crippen molar-refractivity contribution in [2.45, 2.75) is 13.8 Å². The van der Waals surface area contributed by atoms with E-state index < -0.39 is 4.92 Å². The first-order valence-corrected chi connectivity index (χ1v) is 5.72. The topological polar surface area (TPSA) is 95.2 Å². The van der Waals surface area contributed by atoms with Crippen molar-refractivity contribution in [3.63, 3.8) is 0 Å². The van der Waals surface area contributed by atoms with Gasteiger partial charge in [-0.3, -0.25) is 14.9 Å². The molecule has 102 valence electrons. The van der Waals surface area contributed by atoms with E-state index in [0.717, 1.165) is 5.56 Å². The molecule has 0 aliphatic heterocycles. The van der Waals surface area contributed by atoms with Gasteiger partial charge in [0, 0.05) is 18.0 Å². The second-order valence-corrected chi connectivity index (χ2v) is 4.18. The van der Waals surface area contributed by atoms with E-state index in [2.05, 4.69) is 9.97 Å². The standard InChI is InChI=1S/C13H11N3O4/c1-8-3-9(2)12(4-11(8)16(18)19)20-13-14-5-10(7-17)6-15-13/h3-7H,1-2H3. The summed E-state index contributed by atoms with van der Waals surface area (Å²) in [4.78, 5) is 28.6. The molecule has 7 nitrogen and oxygen atoms in total. The molecule has 1 heterocycles. The number of aromatic nitrogens is 2. The highest BCUT2D eigenvalue weighted by Crippen LogP contribution is 2.30. The minimum atomic E-state index is -0.474. The maximum absolute atomic E-state index is 10.9. The molecule has 2 rings (SSSR count). The number of carbonyl (C=O) groups is 1. The maximum Gasteiger partial charge on any atom is 0.321 e. The highest BCUT2D eigenvalue weighted by molar-refractivity contribution is 5.73. The van der Waals surface area contributed by atoms with Crippen molar-refractivity contribution in [2.24, 2.45) is 0 Å². The summed E-state index contributed by atoms with van der Waals surface area (Å²) in [6.45, 7) is 3.43. The van der Waals surface area contributed by atoms with Crippen LogP contribution < -0.4 is 4.74 Å². The second-order valence-electron chi connectivity index (χ2n) is 4.18. The number of aryl methyl sites for hydroxylation is 2. The molecule has 2 aromatic rings. The fourth-order valence-electron chi connectivity index (χ4n) is 1.67. The molecule has 0 bridgehead atoms. The van der Waals surface area contributed by atoms with Crippen LogP contribution >= 0.6 is 0 Å². The number of carbonyl (C=O) groups excluding carboxylic acids is 1. The Hall–Kier alpha value is -2.83. The fourth-order valence-corrected chi connectivity index (χ4v) is 1.67. The average Bonchev–Trinajstić information content (AvgIpc) is 2.42. The molecule has 0 saturated carbocycles. The molecule has 0 spiro atoms. The summed E-state index contributed by atoms with van der Waals surface area (Å²) in [6, 6.07) is 3.02. The SMILES string of the molecule is Cc1cc(C)c([N+](=O)[O-])cc1Oc1ncc(C=O)cn1. The summed E-state index contributed by atoms with van der Waals surface area (Å²) < 4.78 is 5.41. The lowest BCUT2D eigenvalue weighted by atomic mass is 10.1. The summed E-state index contributed by atoms with van der Waals surface area (Å²) >= 11 is 0. The lowest BCUT2D eigenvalue weighted by molar-refractivity contribution is -0.385. The van der Waals surface area contributed by atoms with E-state index in [1.807, 2.05) is 0 Å². The van der Waals surface area contributed by atoms with E-state index in [1.165, 1.54) is 18.5 Å². The number of nitrogens with zero attached hydrogens (tertiary/aromatic N) is 3. The molecule has 1 aromatic heterocycles. The van der Waals surface area contributed by atoms with Gasteiger partial charge in [0.15, 0.2) is 6.29 Å². The number of benzene rings is 1. The first kappa shape index (κ1) is 13.6. The normalized spacial score (nSPS) is 10.1. The van der Waals surface area contributed by atoms with Gasteiger partial charge >= 0.3 is 6.01 Å². The zero-order chi connectivity index (χ0) is 14.7. The van der Waals surface area contributed by atoms with E-state index in [0.29, 0.717) is 23.2 Å². The monoisotopic (exact) mass is 273 g/mol. The van der Waals surface area contributed by atoms with Crippen LogP contribution in [-0.2, 0) is 0 Å². The van der Waals surface area contributed by atoms with Crippen molar-refractivity contribution >= 4 is 12.0 Å². The molecule has 0 N–H and O–H groups in total. The van der Waals surface area contributed by atoms with Gasteiger partial charge < -0.3 is 4.74 Å². The van der Waals surface area contributed by atoms with Crippen LogP contribution in [0.1, 0.15) is 21.5 Å². The van der Waals surface area contributed by atoms with Gasteiger partial charge in [-0.05, 0) is 25.5 Å². The first-order chi connectivity index (χ1) is 9.51. The molecule has 0 unspecified atom stereocenters. The molecule has 20 heavy (non-hydrogen) atoms. The Balaban J connectivity index is 2.34. The van der Waals surface area contributed by atoms with Crippen molar-refractivity contribution in [3.8, 4) is 11.8 Å². The summed E-state index contributed by atoms with van der Waals surface area (Å²) in [5, 5.41) is 10.9. The smallest absolute Gasteiger partial charge is 0.321 e. The Labute approximate surface area is 114 Å². The number of nitro benzene ring substituents is 1. The van der Waals surface area contributed by atoms with E-state index in [4.69, 9.17) is 4.74 Å². The van der Waals surface area contributed by atoms with Gasteiger partial charge in [-0.25, -0.2) is 9.97 Å². The Kier molecular flexibility index (Phi) is 3.69. The van der Waals surface area contributed by atoms with Crippen LogP contribution in [0.2, 0.25) is 0 Å². The third-order valence-corrected chi connectivity index (χ3v) is 2.68. The molecule has 0 atom stereocenters. The molecule has 7 heteroatoms. The molecule has 1 aromatic carbocycles. The van der Waals surface area contributed by atoms with E-state index in [9.17, 15) is 14.9 Å². The zero-order valence-electron chi connectivity index (χ0n) is 10.9. The van der Waals surface area contributed by atoms with E-state index in [1.54, 1.807) is 19.9 Å². The minimum Gasteiger partial charge on any atom is -0.424 e. The molecule has 0 aliphatic carbocycles. The lowest BCUT2D eigenvalue weighted by Crippen LogP contribution is -1.98. The van der Waals surface area contributed by atoms with Crippen LogP contribution in [0.5, 0.6) is 11.8 Å². The summed E-state index contributed by atoms with van der Waals surface area (Å²) in [6.07, 6.45) is 3.24. The van der Waals surface area contributed by atoms with Crippen LogP contribution in [0.3, 0.4) is 0 Å². The fraction of sp³-hybridized carbons (Fsp3) is 0.154. The molecular formula is C13H11N3O4. The van der Waals surface area contributed by atoms with Gasteiger partial charge in [0.1, 0.15) is 5.75 Å². The van der Waals surface area contributed by atoms with Gasteiger partial charge in [-0.1, -0.05) is 0 Å². The predicted molar refractivity (Wildman–Crippen MR) is 70.1 cm³/mol. The second kappa shape index (κ2) is 5.43. The van der Waals surface area contributed by atoms with E-state index >= 15 is 0 Å². The van der Waals surface area contributed by atoms with Crippen molar-refractivity contribution in [2.75, 3.05) is 0 Å². The van der Waals surface area contributed by atoms with Crippen LogP contribution in [0.15, 0.2) is 24.5 Å². The average molecular weight is 273 g/mol. The summed E-state index contributed by atoms with van der Waals surface area (Å²) in [7, 11) is 0. The van der Waals surface area contributed by atoms with Crippen LogP contribution in [0.25, 0.3) is 0 Å². The van der Waals surface area contributed by atoms with Gasteiger partial charge in [-0.2, -0.15) is 0 Å². The number of aldehydes is 1. The first-order valence-electron chi connectivity index (χ1n) is 5.72. The van der Waals surface area contributed by atoms with E-state index in [-0.39, 0.29) is 11.7 Å². The van der Waals surface area contributed by atoms with Crippen molar-refractivity contribution in [1.29, 1.82) is 0 Å². The third kappa shape index (κ3) is 2.77. The van der Waals surface area contributed by atoms with Crippen LogP contribution in [0.4, 0.5) is 5.69 Å². The van der Waals surface area contributed by atoms with Crippen molar-refractivity contribution < 1.29 is 14.5 Å². The van der Waals surface area contributed by atoms with Crippen molar-refractivity contribution in [3.05, 3.63) is 51.3 Å². The van der Waals surface area contributed by atoms with Gasteiger partial charge in [0.05, 0.1) is 16.6 Å². The van der Waals surface area contributed by atoms with Gasteiger partial charge in [-0.15, -0.1) is 0 Å². The maximum atomic E-state index is 10.9. The molecule has 0 amide bonds. The Morgan fingerprint density at radius 2 is 1.85 bits per heavy atom. The number of ether oxygens (including phenoxy) is 1. The highest BCUT2D eigenvalue weighted by atomic mass is 16.6. The zero-order valence-corrected chi connectivity index (χ0v) is 10.9. The Morgan fingerprint density at radius 3 is 2.40 bits per heavy atom. The quantitative estimate of drug-likeness (QED) is 0.482. The van der Waals surface area contributed by atoms with Crippen LogP contribution in [0, 0.1) is 24.0 Å². The third-order valence-electron chi connectivity index (χ3n) is 2.68. The molecule has 0 saturated heterocycles. The minimum absolute atomic E-state index is 0.0249. The molecule has 0 aliphatic rings. The lowest BCUT2D eigenvalue weighted by Gasteiger charge is -2.08. The number of rotatable bonds is 4. The Morgan fingerprint density at radius 1 is 1.20 bits per heavy atom. The predicted octanol–water partition coefficient (Wildman–Crippen LogP) is 2.61. The number of hydrogen-bond acceptors (Lipinski definition) is 6. The van der Waals surface area contributed by atoms with Crippen molar-refractivity contribution in [1.82, 2.24) is 9.97 Å². The van der Waals surface area contributed by atoms with Crippen LogP contribution in [-0.4, -0.2) is 21.2 Å². The van der Waals surface area contributed by atoms with Gasteiger partial charge in [0.2, 0.25) is 0 Å². The molecular weight excluding hydrogens is 262 g/mol.